The summed E-state index contributed by atoms with van der Waals surface area (Å²) < 4.78 is 0. The van der Waals surface area contributed by atoms with Crippen LogP contribution in [-0.2, 0) is 11.3 Å². The molecule has 2 amide bonds. The maximum absolute atomic E-state index is 12.2. The fourth-order valence-corrected chi connectivity index (χ4v) is 2.47. The van der Waals surface area contributed by atoms with Crippen LogP contribution >= 0.6 is 23.7 Å². The smallest absolute Gasteiger partial charge is 0.273 e. The van der Waals surface area contributed by atoms with Crippen molar-refractivity contribution in [3.05, 3.63) is 45.9 Å². The predicted octanol–water partition coefficient (Wildman–Crippen LogP) is 2.04. The largest absolute Gasteiger partial charge is 0.331 e. The average molecular weight is 355 g/mol. The molecule has 1 aromatic heterocycles. The monoisotopic (exact) mass is 354 g/mol. The normalized spacial score (nSPS) is 9.87. The van der Waals surface area contributed by atoms with Crippen LogP contribution in [0, 0.1) is 6.92 Å². The molecule has 0 bridgehead atoms. The summed E-state index contributed by atoms with van der Waals surface area (Å²) >= 11 is 1.33. The molecule has 0 radical (unpaired) electrons. The van der Waals surface area contributed by atoms with Crippen molar-refractivity contribution in [3.63, 3.8) is 0 Å². The van der Waals surface area contributed by atoms with Crippen LogP contribution in [-0.4, -0.2) is 35.3 Å². The standard InChI is InChI=1S/C15H18N4O2S.ClH/c1-10-3-5-11(6-4-10)17-13(20)8-19(2)15(21)12-9-22-14(7-16)18-12;/h3-6,9H,7-8,16H2,1-2H3,(H,17,20);1H. The van der Waals surface area contributed by atoms with E-state index in [0.29, 0.717) is 22.9 Å². The number of rotatable bonds is 5. The van der Waals surface area contributed by atoms with Gasteiger partial charge in [-0.2, -0.15) is 0 Å². The van der Waals surface area contributed by atoms with E-state index in [1.54, 1.807) is 12.4 Å². The highest BCUT2D eigenvalue weighted by Gasteiger charge is 2.17. The van der Waals surface area contributed by atoms with E-state index in [1.807, 2.05) is 31.2 Å². The third-order valence-corrected chi connectivity index (χ3v) is 3.88. The van der Waals surface area contributed by atoms with E-state index >= 15 is 0 Å². The maximum Gasteiger partial charge on any atom is 0.273 e. The summed E-state index contributed by atoms with van der Waals surface area (Å²) in [4.78, 5) is 29.6. The Morgan fingerprint density at radius 2 is 1.96 bits per heavy atom. The molecule has 23 heavy (non-hydrogen) atoms. The number of anilines is 1. The lowest BCUT2D eigenvalue weighted by molar-refractivity contribution is -0.116. The number of likely N-dealkylation sites (N-methyl/N-ethyl adjacent to an activating group) is 1. The Labute approximate surface area is 145 Å². The lowest BCUT2D eigenvalue weighted by Gasteiger charge is -2.15. The number of amides is 2. The zero-order valence-corrected chi connectivity index (χ0v) is 14.5. The van der Waals surface area contributed by atoms with Crippen LogP contribution in [0.4, 0.5) is 5.69 Å². The van der Waals surface area contributed by atoms with Gasteiger partial charge in [-0.25, -0.2) is 4.98 Å². The van der Waals surface area contributed by atoms with Gasteiger partial charge in [0.25, 0.3) is 5.91 Å². The number of thiazole rings is 1. The summed E-state index contributed by atoms with van der Waals surface area (Å²) in [5, 5.41) is 5.10. The SMILES string of the molecule is Cc1ccc(NC(=O)CN(C)C(=O)c2csc(CN)n2)cc1.Cl. The molecule has 0 saturated carbocycles. The molecule has 2 aromatic rings. The number of hydrogen-bond donors (Lipinski definition) is 2. The van der Waals surface area contributed by atoms with E-state index in [-0.39, 0.29) is 30.8 Å². The Bertz CT molecular complexity index is 672. The second-order valence-electron chi connectivity index (χ2n) is 4.91. The van der Waals surface area contributed by atoms with Gasteiger partial charge in [-0.3, -0.25) is 9.59 Å². The molecule has 0 aliphatic rings. The lowest BCUT2D eigenvalue weighted by Crippen LogP contribution is -2.35. The highest BCUT2D eigenvalue weighted by Crippen LogP contribution is 2.11. The van der Waals surface area contributed by atoms with Crippen molar-refractivity contribution in [2.45, 2.75) is 13.5 Å². The number of aryl methyl sites for hydroxylation is 1. The van der Waals surface area contributed by atoms with Crippen LogP contribution in [0.2, 0.25) is 0 Å². The number of nitrogens with two attached hydrogens (primary N) is 1. The Morgan fingerprint density at radius 1 is 1.30 bits per heavy atom. The Kier molecular flexibility index (Phi) is 7.15. The van der Waals surface area contributed by atoms with Gasteiger partial charge in [-0.1, -0.05) is 17.7 Å². The molecule has 1 aromatic carbocycles. The maximum atomic E-state index is 12.2. The molecular formula is C15H19ClN4O2S. The average Bonchev–Trinajstić information content (AvgIpc) is 2.97. The van der Waals surface area contributed by atoms with Crippen molar-refractivity contribution >= 4 is 41.2 Å². The number of aromatic nitrogens is 1. The number of hydrogen-bond acceptors (Lipinski definition) is 5. The fraction of sp³-hybridized carbons (Fsp3) is 0.267. The molecule has 0 aliphatic carbocycles. The molecule has 0 aliphatic heterocycles. The molecule has 3 N–H and O–H groups in total. The van der Waals surface area contributed by atoms with Crippen LogP contribution in [0.3, 0.4) is 0 Å². The molecule has 0 spiro atoms. The molecule has 1 heterocycles. The number of nitrogens with one attached hydrogen (secondary N) is 1. The minimum atomic E-state index is -0.296. The van der Waals surface area contributed by atoms with Crippen LogP contribution in [0.15, 0.2) is 29.6 Å². The van der Waals surface area contributed by atoms with Gasteiger partial charge in [-0.15, -0.1) is 23.7 Å². The third-order valence-electron chi connectivity index (χ3n) is 3.01. The van der Waals surface area contributed by atoms with Gasteiger partial charge >= 0.3 is 0 Å². The summed E-state index contributed by atoms with van der Waals surface area (Å²) in [5.74, 6) is -0.552. The van der Waals surface area contributed by atoms with E-state index in [4.69, 9.17) is 5.73 Å². The van der Waals surface area contributed by atoms with Crippen LogP contribution in [0.1, 0.15) is 21.1 Å². The van der Waals surface area contributed by atoms with Crippen LogP contribution in [0.25, 0.3) is 0 Å². The number of nitrogens with zero attached hydrogens (tertiary/aromatic N) is 2. The van der Waals surface area contributed by atoms with Crippen molar-refractivity contribution < 1.29 is 9.59 Å². The van der Waals surface area contributed by atoms with E-state index in [1.165, 1.54) is 16.2 Å². The van der Waals surface area contributed by atoms with Crippen LogP contribution in [0.5, 0.6) is 0 Å². The highest BCUT2D eigenvalue weighted by atomic mass is 35.5. The number of carbonyl (C=O) groups excluding carboxylic acids is 2. The van der Waals surface area contributed by atoms with Gasteiger partial charge in [0.15, 0.2) is 0 Å². The molecule has 124 valence electrons. The van der Waals surface area contributed by atoms with Crippen molar-refractivity contribution in [3.8, 4) is 0 Å². The van der Waals surface area contributed by atoms with Crippen molar-refractivity contribution in [2.24, 2.45) is 5.73 Å². The van der Waals surface area contributed by atoms with Crippen molar-refractivity contribution in [1.82, 2.24) is 9.88 Å². The topological polar surface area (TPSA) is 88.3 Å². The van der Waals surface area contributed by atoms with Gasteiger partial charge < -0.3 is 16.0 Å². The molecule has 0 fully saturated rings. The summed E-state index contributed by atoms with van der Waals surface area (Å²) in [6, 6.07) is 7.47. The Morgan fingerprint density at radius 3 is 2.52 bits per heavy atom. The fourth-order valence-electron chi connectivity index (χ4n) is 1.82. The van der Waals surface area contributed by atoms with Gasteiger partial charge in [-0.05, 0) is 19.1 Å². The van der Waals surface area contributed by atoms with E-state index in [0.717, 1.165) is 5.56 Å². The number of halogens is 1. The van der Waals surface area contributed by atoms with E-state index < -0.39 is 0 Å². The second-order valence-corrected chi connectivity index (χ2v) is 5.85. The zero-order valence-electron chi connectivity index (χ0n) is 12.9. The summed E-state index contributed by atoms with van der Waals surface area (Å²) in [5.41, 5.74) is 7.61. The lowest BCUT2D eigenvalue weighted by atomic mass is 10.2. The molecule has 8 heteroatoms. The first kappa shape index (κ1) is 19.1. The van der Waals surface area contributed by atoms with Gasteiger partial charge in [0.2, 0.25) is 5.91 Å². The summed E-state index contributed by atoms with van der Waals surface area (Å²) in [6.07, 6.45) is 0. The van der Waals surface area contributed by atoms with Crippen molar-refractivity contribution in [1.29, 1.82) is 0 Å². The minimum absolute atomic E-state index is 0. The minimum Gasteiger partial charge on any atom is -0.331 e. The summed E-state index contributed by atoms with van der Waals surface area (Å²) in [6.45, 7) is 2.24. The second kappa shape index (κ2) is 8.61. The number of carbonyl (C=O) groups is 2. The Hall–Kier alpha value is -1.96. The molecule has 6 nitrogen and oxygen atoms in total. The third kappa shape index (κ3) is 5.31. The van der Waals surface area contributed by atoms with Gasteiger partial charge in [0.1, 0.15) is 10.7 Å². The molecule has 0 unspecified atom stereocenters. The van der Waals surface area contributed by atoms with Gasteiger partial charge in [0, 0.05) is 24.7 Å². The van der Waals surface area contributed by atoms with E-state index in [2.05, 4.69) is 10.3 Å². The molecular weight excluding hydrogens is 336 g/mol. The highest BCUT2D eigenvalue weighted by molar-refractivity contribution is 7.09. The predicted molar refractivity (Wildman–Crippen MR) is 94.0 cm³/mol. The first-order valence-corrected chi connectivity index (χ1v) is 7.64. The molecule has 0 atom stereocenters. The van der Waals surface area contributed by atoms with Gasteiger partial charge in [0.05, 0.1) is 6.54 Å². The number of benzene rings is 1. The zero-order chi connectivity index (χ0) is 16.1. The van der Waals surface area contributed by atoms with E-state index in [9.17, 15) is 9.59 Å². The summed E-state index contributed by atoms with van der Waals surface area (Å²) in [7, 11) is 1.57. The quantitative estimate of drug-likeness (QED) is 0.860. The molecule has 0 saturated heterocycles. The van der Waals surface area contributed by atoms with Crippen LogP contribution < -0.4 is 11.1 Å². The first-order valence-electron chi connectivity index (χ1n) is 6.76. The Balaban J connectivity index is 0.00000264. The molecule has 2 rings (SSSR count). The first-order chi connectivity index (χ1) is 10.5. The van der Waals surface area contributed by atoms with Crippen molar-refractivity contribution in [2.75, 3.05) is 18.9 Å².